The molecular formula is C15H12N2O2S3. The maximum atomic E-state index is 12.5. The Morgan fingerprint density at radius 1 is 1.32 bits per heavy atom. The molecule has 2 aromatic rings. The second kappa shape index (κ2) is 6.70. The Morgan fingerprint density at radius 2 is 2.09 bits per heavy atom. The molecule has 1 aromatic carbocycles. The number of thiazole rings is 1. The lowest BCUT2D eigenvalue weighted by Gasteiger charge is -2.14. The first kappa shape index (κ1) is 15.4. The highest BCUT2D eigenvalue weighted by molar-refractivity contribution is 8.26. The van der Waals surface area contributed by atoms with E-state index >= 15 is 0 Å². The van der Waals surface area contributed by atoms with Crippen molar-refractivity contribution in [3.8, 4) is 0 Å². The Kier molecular flexibility index (Phi) is 4.68. The Hall–Kier alpha value is -1.54. The van der Waals surface area contributed by atoms with Crippen molar-refractivity contribution >= 4 is 51.6 Å². The van der Waals surface area contributed by atoms with Gasteiger partial charge in [-0.05, 0) is 11.6 Å². The van der Waals surface area contributed by atoms with Crippen molar-refractivity contribution in [1.29, 1.82) is 0 Å². The van der Waals surface area contributed by atoms with E-state index in [1.165, 1.54) is 23.1 Å². The van der Waals surface area contributed by atoms with Crippen molar-refractivity contribution in [2.75, 3.05) is 0 Å². The van der Waals surface area contributed by atoms with Gasteiger partial charge in [-0.25, -0.2) is 4.98 Å². The van der Waals surface area contributed by atoms with Crippen LogP contribution in [0.15, 0.2) is 41.4 Å². The third kappa shape index (κ3) is 3.27. The quantitative estimate of drug-likeness (QED) is 0.680. The van der Waals surface area contributed by atoms with Gasteiger partial charge < -0.3 is 5.11 Å². The number of aromatic nitrogens is 1. The van der Waals surface area contributed by atoms with Crippen LogP contribution in [-0.4, -0.2) is 25.2 Å². The summed E-state index contributed by atoms with van der Waals surface area (Å²) in [7, 11) is 0. The monoisotopic (exact) mass is 348 g/mol. The summed E-state index contributed by atoms with van der Waals surface area (Å²) in [6.45, 7) is 0.434. The molecule has 0 aliphatic carbocycles. The van der Waals surface area contributed by atoms with Crippen LogP contribution in [-0.2, 0) is 17.9 Å². The third-order valence-corrected chi connectivity index (χ3v) is 5.35. The average molecular weight is 348 g/mol. The van der Waals surface area contributed by atoms with Crippen LogP contribution in [0.5, 0.6) is 0 Å². The molecule has 1 amide bonds. The average Bonchev–Trinajstić information content (AvgIpc) is 3.09. The normalized spacial score (nSPS) is 16.8. The molecular weight excluding hydrogens is 336 g/mol. The van der Waals surface area contributed by atoms with E-state index in [2.05, 4.69) is 4.98 Å². The van der Waals surface area contributed by atoms with Crippen LogP contribution in [0.25, 0.3) is 6.08 Å². The lowest BCUT2D eigenvalue weighted by molar-refractivity contribution is -0.122. The number of aliphatic hydroxyl groups excluding tert-OH is 1. The van der Waals surface area contributed by atoms with Gasteiger partial charge >= 0.3 is 0 Å². The van der Waals surface area contributed by atoms with Gasteiger partial charge in [0.1, 0.15) is 9.33 Å². The molecule has 112 valence electrons. The predicted molar refractivity (Wildman–Crippen MR) is 93.2 cm³/mol. The number of thioether (sulfide) groups is 1. The number of nitrogens with zero attached hydrogens (tertiary/aromatic N) is 2. The maximum absolute atomic E-state index is 12.5. The molecule has 22 heavy (non-hydrogen) atoms. The summed E-state index contributed by atoms with van der Waals surface area (Å²) in [5.41, 5.74) is 1.04. The van der Waals surface area contributed by atoms with Crippen LogP contribution < -0.4 is 0 Å². The molecule has 0 spiro atoms. The predicted octanol–water partition coefficient (Wildman–Crippen LogP) is 3.04. The summed E-state index contributed by atoms with van der Waals surface area (Å²) in [5.74, 6) is -0.0976. The molecule has 1 fully saturated rings. The zero-order chi connectivity index (χ0) is 15.5. The Labute approximate surface area is 141 Å². The van der Waals surface area contributed by atoms with Gasteiger partial charge in [0.2, 0.25) is 0 Å². The Balaban J connectivity index is 1.79. The molecule has 0 bridgehead atoms. The molecule has 1 N–H and O–H groups in total. The summed E-state index contributed by atoms with van der Waals surface area (Å²) < 4.78 is 0.555. The number of aliphatic hydroxyl groups is 1. The molecule has 0 saturated carbocycles. The number of rotatable bonds is 4. The number of hydrogen-bond donors (Lipinski definition) is 1. The van der Waals surface area contributed by atoms with E-state index in [4.69, 9.17) is 17.3 Å². The number of hydrogen-bond acceptors (Lipinski definition) is 6. The molecule has 1 saturated heterocycles. The van der Waals surface area contributed by atoms with Crippen molar-refractivity contribution in [3.63, 3.8) is 0 Å². The van der Waals surface area contributed by atoms with Crippen LogP contribution in [0.2, 0.25) is 0 Å². The highest BCUT2D eigenvalue weighted by atomic mass is 32.2. The van der Waals surface area contributed by atoms with Crippen LogP contribution in [0.3, 0.4) is 0 Å². The molecule has 1 aliphatic rings. The van der Waals surface area contributed by atoms with Gasteiger partial charge in [-0.1, -0.05) is 54.3 Å². The highest BCUT2D eigenvalue weighted by Crippen LogP contribution is 2.34. The third-order valence-electron chi connectivity index (χ3n) is 3.04. The topological polar surface area (TPSA) is 53.4 Å². The zero-order valence-electron chi connectivity index (χ0n) is 11.4. The van der Waals surface area contributed by atoms with Crippen LogP contribution >= 0.6 is 35.3 Å². The lowest BCUT2D eigenvalue weighted by atomic mass is 10.2. The summed E-state index contributed by atoms with van der Waals surface area (Å²) in [4.78, 5) is 19.6. The second-order valence-electron chi connectivity index (χ2n) is 4.58. The van der Waals surface area contributed by atoms with E-state index in [-0.39, 0.29) is 12.5 Å². The van der Waals surface area contributed by atoms with E-state index in [0.717, 1.165) is 10.4 Å². The largest absolute Gasteiger partial charge is 0.391 e. The SMILES string of the molecule is O=C1/C(=C/c2ncc(CO)s2)SC(=S)N1Cc1ccccc1. The van der Waals surface area contributed by atoms with Crippen LogP contribution in [0.1, 0.15) is 15.4 Å². The Morgan fingerprint density at radius 3 is 2.77 bits per heavy atom. The minimum atomic E-state index is -0.0976. The van der Waals surface area contributed by atoms with Crippen molar-refractivity contribution in [1.82, 2.24) is 9.88 Å². The maximum Gasteiger partial charge on any atom is 0.266 e. The lowest BCUT2D eigenvalue weighted by Crippen LogP contribution is -2.27. The van der Waals surface area contributed by atoms with E-state index in [9.17, 15) is 4.79 Å². The van der Waals surface area contributed by atoms with Gasteiger partial charge in [-0.3, -0.25) is 9.69 Å². The molecule has 3 rings (SSSR count). The number of benzene rings is 1. The smallest absolute Gasteiger partial charge is 0.266 e. The molecule has 0 radical (unpaired) electrons. The fraction of sp³-hybridized carbons (Fsp3) is 0.133. The molecule has 7 heteroatoms. The van der Waals surface area contributed by atoms with Gasteiger partial charge in [-0.2, -0.15) is 0 Å². The van der Waals surface area contributed by atoms with E-state index in [1.807, 2.05) is 30.3 Å². The number of amides is 1. The summed E-state index contributed by atoms with van der Waals surface area (Å²) in [5, 5.41) is 9.76. The van der Waals surface area contributed by atoms with Gasteiger partial charge in [0.25, 0.3) is 5.91 Å². The minimum absolute atomic E-state index is 0.0412. The fourth-order valence-electron chi connectivity index (χ4n) is 1.98. The number of carbonyl (C=O) groups excluding carboxylic acids is 1. The van der Waals surface area contributed by atoms with Crippen molar-refractivity contribution in [2.24, 2.45) is 0 Å². The van der Waals surface area contributed by atoms with E-state index in [1.54, 1.807) is 17.2 Å². The van der Waals surface area contributed by atoms with Crippen LogP contribution in [0, 0.1) is 0 Å². The minimum Gasteiger partial charge on any atom is -0.391 e. The van der Waals surface area contributed by atoms with Gasteiger partial charge in [-0.15, -0.1) is 11.3 Å². The van der Waals surface area contributed by atoms with Gasteiger partial charge in [0, 0.05) is 6.20 Å². The first-order valence-corrected chi connectivity index (χ1v) is 8.56. The molecule has 0 atom stereocenters. The molecule has 1 aromatic heterocycles. The van der Waals surface area contributed by atoms with E-state index in [0.29, 0.717) is 20.8 Å². The molecule has 4 nitrogen and oxygen atoms in total. The first-order chi connectivity index (χ1) is 10.7. The van der Waals surface area contributed by atoms with Crippen LogP contribution in [0.4, 0.5) is 0 Å². The van der Waals surface area contributed by atoms with E-state index < -0.39 is 0 Å². The standard InChI is InChI=1S/C15H12N2O2S3/c18-9-11-7-16-13(21-11)6-12-14(19)17(15(20)22-12)8-10-4-2-1-3-5-10/h1-7,18H,8-9H2/b12-6-. The molecule has 0 unspecified atom stereocenters. The first-order valence-electron chi connectivity index (χ1n) is 6.52. The fourth-order valence-corrected chi connectivity index (χ4v) is 4.00. The van der Waals surface area contributed by atoms with Crippen molar-refractivity contribution < 1.29 is 9.90 Å². The zero-order valence-corrected chi connectivity index (χ0v) is 13.9. The second-order valence-corrected chi connectivity index (χ2v) is 7.40. The van der Waals surface area contributed by atoms with Crippen molar-refractivity contribution in [3.05, 3.63) is 56.9 Å². The number of thiocarbonyl (C=S) groups is 1. The van der Waals surface area contributed by atoms with Crippen molar-refractivity contribution in [2.45, 2.75) is 13.2 Å². The Bertz CT molecular complexity index is 740. The summed E-state index contributed by atoms with van der Waals surface area (Å²) in [6, 6.07) is 9.76. The molecule has 2 heterocycles. The highest BCUT2D eigenvalue weighted by Gasteiger charge is 2.32. The van der Waals surface area contributed by atoms with Gasteiger partial charge in [0.05, 0.1) is 22.9 Å². The number of carbonyl (C=O) groups is 1. The summed E-state index contributed by atoms with van der Waals surface area (Å²) >= 11 is 7.96. The molecule has 1 aliphatic heterocycles. The summed E-state index contributed by atoms with van der Waals surface area (Å²) in [6.07, 6.45) is 3.34. The van der Waals surface area contributed by atoms with Gasteiger partial charge in [0.15, 0.2) is 0 Å².